The molecule has 1 N–H and O–H groups in total. The Morgan fingerprint density at radius 3 is 2.16 bits per heavy atom. The molecule has 19 heavy (non-hydrogen) atoms. The van der Waals surface area contributed by atoms with Crippen molar-refractivity contribution in [2.75, 3.05) is 7.11 Å². The summed E-state index contributed by atoms with van der Waals surface area (Å²) in [7, 11) is 1.60. The highest BCUT2D eigenvalue weighted by atomic mass is 16.5. The first kappa shape index (κ1) is 15.2. The summed E-state index contributed by atoms with van der Waals surface area (Å²) in [5, 5.41) is 8.70. The molecule has 1 aromatic carbocycles. The van der Waals surface area contributed by atoms with Crippen molar-refractivity contribution >= 4 is 11.8 Å². The minimum Gasteiger partial charge on any atom is -0.496 e. The minimum atomic E-state index is -0.873. The van der Waals surface area contributed by atoms with E-state index in [-0.39, 0.29) is 24.5 Å². The second-order valence-electron chi connectivity index (χ2n) is 4.97. The number of hydrogen-bond acceptors (Lipinski definition) is 3. The lowest BCUT2D eigenvalue weighted by atomic mass is 9.95. The number of methoxy groups -OCH3 is 1. The highest BCUT2D eigenvalue weighted by Crippen LogP contribution is 2.25. The smallest absolute Gasteiger partial charge is 0.303 e. The molecule has 0 aliphatic heterocycles. The summed E-state index contributed by atoms with van der Waals surface area (Å²) < 4.78 is 5.26. The quantitative estimate of drug-likeness (QED) is 0.802. The Morgan fingerprint density at radius 1 is 1.21 bits per heavy atom. The predicted molar refractivity (Wildman–Crippen MR) is 72.8 cm³/mol. The zero-order valence-electron chi connectivity index (χ0n) is 11.8. The van der Waals surface area contributed by atoms with Crippen molar-refractivity contribution in [1.29, 1.82) is 0 Å². The van der Waals surface area contributed by atoms with Crippen molar-refractivity contribution < 1.29 is 19.4 Å². The van der Waals surface area contributed by atoms with Crippen molar-refractivity contribution in [1.82, 2.24) is 0 Å². The van der Waals surface area contributed by atoms with Gasteiger partial charge in [0.2, 0.25) is 0 Å². The summed E-state index contributed by atoms with van der Waals surface area (Å²) in [5.41, 5.74) is 2.45. The van der Waals surface area contributed by atoms with Gasteiger partial charge in [-0.1, -0.05) is 6.92 Å². The normalized spacial score (nSPS) is 12.0. The molecule has 104 valence electrons. The van der Waals surface area contributed by atoms with Gasteiger partial charge in [-0.25, -0.2) is 0 Å². The zero-order chi connectivity index (χ0) is 14.6. The van der Waals surface area contributed by atoms with Crippen LogP contribution in [0, 0.1) is 19.8 Å². The van der Waals surface area contributed by atoms with E-state index in [1.54, 1.807) is 26.2 Å². The lowest BCUT2D eigenvalue weighted by molar-refractivity contribution is -0.137. The van der Waals surface area contributed by atoms with Gasteiger partial charge in [0.15, 0.2) is 5.78 Å². The highest BCUT2D eigenvalue weighted by Gasteiger charge is 2.16. The monoisotopic (exact) mass is 264 g/mol. The fourth-order valence-corrected chi connectivity index (χ4v) is 2.24. The van der Waals surface area contributed by atoms with Crippen molar-refractivity contribution in [2.24, 2.45) is 5.92 Å². The van der Waals surface area contributed by atoms with Crippen molar-refractivity contribution in [3.8, 4) is 5.75 Å². The molecule has 0 spiro atoms. The summed E-state index contributed by atoms with van der Waals surface area (Å²) in [4.78, 5) is 22.7. The van der Waals surface area contributed by atoms with Crippen LogP contribution in [0.4, 0.5) is 0 Å². The van der Waals surface area contributed by atoms with Crippen LogP contribution in [0.15, 0.2) is 12.1 Å². The average Bonchev–Trinajstić information content (AvgIpc) is 2.26. The van der Waals surface area contributed by atoms with Gasteiger partial charge in [-0.2, -0.15) is 0 Å². The maximum Gasteiger partial charge on any atom is 0.303 e. The first-order valence-electron chi connectivity index (χ1n) is 6.25. The number of Topliss-reactive ketones (excluding diaryl/α,β-unsaturated/α-hetero) is 1. The molecule has 0 fully saturated rings. The van der Waals surface area contributed by atoms with Crippen molar-refractivity contribution in [2.45, 2.75) is 33.6 Å². The maximum atomic E-state index is 12.1. The Morgan fingerprint density at radius 2 is 1.74 bits per heavy atom. The molecule has 0 unspecified atom stereocenters. The van der Waals surface area contributed by atoms with Gasteiger partial charge in [0.05, 0.1) is 7.11 Å². The van der Waals surface area contributed by atoms with E-state index < -0.39 is 5.97 Å². The molecule has 1 atom stereocenters. The molecular formula is C15H20O4. The molecular weight excluding hydrogens is 244 g/mol. The van der Waals surface area contributed by atoms with Crippen LogP contribution in [0.2, 0.25) is 0 Å². The number of carboxylic acid groups (broad SMARTS) is 1. The highest BCUT2D eigenvalue weighted by molar-refractivity contribution is 5.97. The van der Waals surface area contributed by atoms with Crippen LogP contribution in [0.1, 0.15) is 41.3 Å². The number of carbonyl (C=O) groups excluding carboxylic acids is 1. The number of aryl methyl sites for hydroxylation is 2. The second-order valence-corrected chi connectivity index (χ2v) is 4.97. The third-order valence-corrected chi connectivity index (χ3v) is 3.04. The first-order chi connectivity index (χ1) is 8.85. The van der Waals surface area contributed by atoms with E-state index in [0.29, 0.717) is 5.56 Å². The van der Waals surface area contributed by atoms with Crippen LogP contribution in [-0.4, -0.2) is 24.0 Å². The van der Waals surface area contributed by atoms with Crippen molar-refractivity contribution in [3.05, 3.63) is 28.8 Å². The van der Waals surface area contributed by atoms with Gasteiger partial charge in [-0.05, 0) is 43.0 Å². The summed E-state index contributed by atoms with van der Waals surface area (Å²) in [6, 6.07) is 3.59. The molecule has 0 aromatic heterocycles. The fraction of sp³-hybridized carbons (Fsp3) is 0.467. The number of ether oxygens (including phenoxy) is 1. The zero-order valence-corrected chi connectivity index (χ0v) is 11.8. The van der Waals surface area contributed by atoms with Crippen LogP contribution < -0.4 is 4.74 Å². The van der Waals surface area contributed by atoms with Gasteiger partial charge in [-0.15, -0.1) is 0 Å². The molecule has 0 saturated carbocycles. The molecule has 0 heterocycles. The lowest BCUT2D eigenvalue weighted by Crippen LogP contribution is -2.11. The minimum absolute atomic E-state index is 0.0137. The standard InChI is InChI=1S/C15H20O4/c1-9(6-14(17)18)5-13(16)12-7-10(2)15(19-4)11(3)8-12/h7-9H,5-6H2,1-4H3,(H,17,18)/t9-/m1/s1. The van der Waals surface area contributed by atoms with E-state index in [2.05, 4.69) is 0 Å². The van der Waals surface area contributed by atoms with Gasteiger partial charge in [0.1, 0.15) is 5.75 Å². The number of aliphatic carboxylic acids is 1. The molecule has 0 aliphatic carbocycles. The number of carboxylic acids is 1. The number of ketones is 1. The SMILES string of the molecule is COc1c(C)cc(C(=O)C[C@@H](C)CC(=O)O)cc1C. The Bertz CT molecular complexity index is 468. The van der Waals surface area contributed by atoms with Crippen LogP contribution in [0.25, 0.3) is 0 Å². The topological polar surface area (TPSA) is 63.6 Å². The average molecular weight is 264 g/mol. The van der Waals surface area contributed by atoms with E-state index >= 15 is 0 Å². The van der Waals surface area contributed by atoms with Gasteiger partial charge < -0.3 is 9.84 Å². The van der Waals surface area contributed by atoms with E-state index in [1.807, 2.05) is 13.8 Å². The van der Waals surface area contributed by atoms with Gasteiger partial charge in [0, 0.05) is 18.4 Å². The number of carbonyl (C=O) groups is 2. The van der Waals surface area contributed by atoms with E-state index in [1.165, 1.54) is 0 Å². The molecule has 4 heteroatoms. The third-order valence-electron chi connectivity index (χ3n) is 3.04. The molecule has 4 nitrogen and oxygen atoms in total. The van der Waals surface area contributed by atoms with Gasteiger partial charge in [-0.3, -0.25) is 9.59 Å². The van der Waals surface area contributed by atoms with Crippen LogP contribution >= 0.6 is 0 Å². The predicted octanol–water partition coefficient (Wildman–Crippen LogP) is 3.00. The van der Waals surface area contributed by atoms with Gasteiger partial charge in [0.25, 0.3) is 0 Å². The number of rotatable bonds is 6. The third kappa shape index (κ3) is 4.09. The lowest BCUT2D eigenvalue weighted by Gasteiger charge is -2.12. The van der Waals surface area contributed by atoms with E-state index in [4.69, 9.17) is 9.84 Å². The second kappa shape index (κ2) is 6.36. The molecule has 0 saturated heterocycles. The Labute approximate surface area is 113 Å². The number of hydrogen-bond donors (Lipinski definition) is 1. The van der Waals surface area contributed by atoms with Crippen LogP contribution in [-0.2, 0) is 4.79 Å². The first-order valence-corrected chi connectivity index (χ1v) is 6.25. The maximum absolute atomic E-state index is 12.1. The largest absolute Gasteiger partial charge is 0.496 e. The van der Waals surface area contributed by atoms with E-state index in [9.17, 15) is 9.59 Å². The van der Waals surface area contributed by atoms with Crippen LogP contribution in [0.5, 0.6) is 5.75 Å². The summed E-state index contributed by atoms with van der Waals surface area (Å²) in [5.74, 6) is -0.271. The van der Waals surface area contributed by atoms with Crippen LogP contribution in [0.3, 0.4) is 0 Å². The summed E-state index contributed by atoms with van der Waals surface area (Å²) in [6.45, 7) is 5.56. The van der Waals surface area contributed by atoms with Crippen molar-refractivity contribution in [3.63, 3.8) is 0 Å². The Kier molecular flexibility index (Phi) is 5.10. The molecule has 0 radical (unpaired) electrons. The Hall–Kier alpha value is -1.84. The van der Waals surface area contributed by atoms with E-state index in [0.717, 1.165) is 16.9 Å². The summed E-state index contributed by atoms with van der Waals surface area (Å²) in [6.07, 6.45) is 0.261. The summed E-state index contributed by atoms with van der Waals surface area (Å²) >= 11 is 0. The Balaban J connectivity index is 2.86. The van der Waals surface area contributed by atoms with Gasteiger partial charge >= 0.3 is 5.97 Å². The molecule has 0 aliphatic rings. The fourth-order valence-electron chi connectivity index (χ4n) is 2.24. The molecule has 1 aromatic rings. The number of benzene rings is 1. The molecule has 1 rings (SSSR count). The molecule has 0 bridgehead atoms. The molecule has 0 amide bonds.